The molecule has 1 aliphatic carbocycles. The van der Waals surface area contributed by atoms with E-state index in [0.29, 0.717) is 36.7 Å². The Bertz CT molecular complexity index is 1010. The molecule has 30 heavy (non-hydrogen) atoms. The highest BCUT2D eigenvalue weighted by Crippen LogP contribution is 2.46. The van der Waals surface area contributed by atoms with Crippen molar-refractivity contribution >= 4 is 17.2 Å². The van der Waals surface area contributed by atoms with Crippen molar-refractivity contribution in [3.05, 3.63) is 51.5 Å². The van der Waals surface area contributed by atoms with E-state index in [1.165, 1.54) is 5.56 Å². The van der Waals surface area contributed by atoms with Crippen molar-refractivity contribution < 1.29 is 4.74 Å². The number of ether oxygens (including phenoxy) is 1. The minimum absolute atomic E-state index is 0.0111. The molecule has 8 heteroatoms. The third-order valence-electron chi connectivity index (χ3n) is 5.03. The largest absolute Gasteiger partial charge is 0.477 e. The molecule has 1 unspecified atom stereocenters. The normalized spacial score (nSPS) is 18.3. The second-order valence-electron chi connectivity index (χ2n) is 8.92. The van der Waals surface area contributed by atoms with E-state index in [1.807, 2.05) is 19.2 Å². The van der Waals surface area contributed by atoms with E-state index < -0.39 is 0 Å². The zero-order valence-electron chi connectivity index (χ0n) is 18.1. The highest BCUT2D eigenvalue weighted by Gasteiger charge is 2.40. The van der Waals surface area contributed by atoms with Crippen molar-refractivity contribution in [2.45, 2.75) is 58.9 Å². The van der Waals surface area contributed by atoms with Gasteiger partial charge in [-0.15, -0.1) is 10.2 Å². The molecule has 0 aliphatic heterocycles. The molecule has 158 valence electrons. The van der Waals surface area contributed by atoms with Crippen LogP contribution >= 0.6 is 11.3 Å². The zero-order valence-corrected chi connectivity index (χ0v) is 19.0. The van der Waals surface area contributed by atoms with E-state index in [2.05, 4.69) is 70.3 Å². The first-order chi connectivity index (χ1) is 14.3. The van der Waals surface area contributed by atoms with Gasteiger partial charge in [0.1, 0.15) is 21.7 Å². The van der Waals surface area contributed by atoms with Gasteiger partial charge in [-0.1, -0.05) is 38.2 Å². The number of aryl methyl sites for hydroxylation is 2. The molecule has 4 rings (SSSR count). The Hall–Kier alpha value is -2.61. The minimum atomic E-state index is 0.0111. The second-order valence-corrected chi connectivity index (χ2v) is 9.98. The van der Waals surface area contributed by atoms with Gasteiger partial charge in [0, 0.05) is 35.2 Å². The molecule has 0 radical (unpaired) electrons. The fourth-order valence-electron chi connectivity index (χ4n) is 3.18. The molecule has 3 heterocycles. The Morgan fingerprint density at radius 3 is 2.70 bits per heavy atom. The quantitative estimate of drug-likeness (QED) is 0.600. The van der Waals surface area contributed by atoms with Crippen LogP contribution in [0.1, 0.15) is 60.2 Å². The molecule has 1 N–H and O–H groups in total. The Labute approximate surface area is 181 Å². The summed E-state index contributed by atoms with van der Waals surface area (Å²) >= 11 is 1.62. The van der Waals surface area contributed by atoms with Crippen LogP contribution in [0.4, 0.5) is 5.82 Å². The number of hydrogen-bond acceptors (Lipinski definition) is 8. The summed E-state index contributed by atoms with van der Waals surface area (Å²) in [6, 6.07) is 6.09. The van der Waals surface area contributed by atoms with Crippen molar-refractivity contribution in [1.82, 2.24) is 25.1 Å². The molecule has 1 fully saturated rings. The summed E-state index contributed by atoms with van der Waals surface area (Å²) in [5.41, 5.74) is 2.35. The summed E-state index contributed by atoms with van der Waals surface area (Å²) in [6.45, 7) is 11.6. The maximum absolute atomic E-state index is 5.98. The van der Waals surface area contributed by atoms with E-state index in [9.17, 15) is 0 Å². The Kier molecular flexibility index (Phi) is 5.69. The fraction of sp³-hybridized carbons (Fsp3) is 0.500. The van der Waals surface area contributed by atoms with Crippen LogP contribution in [0.3, 0.4) is 0 Å². The summed E-state index contributed by atoms with van der Waals surface area (Å²) < 4.78 is 5.98. The maximum atomic E-state index is 5.98. The first-order valence-electron chi connectivity index (χ1n) is 10.3. The lowest BCUT2D eigenvalue weighted by molar-refractivity contribution is 0.284. The van der Waals surface area contributed by atoms with Gasteiger partial charge < -0.3 is 10.1 Å². The lowest BCUT2D eigenvalue weighted by Gasteiger charge is -2.12. The molecular formula is C22H28N6OS. The van der Waals surface area contributed by atoms with Gasteiger partial charge in [-0.3, -0.25) is 4.98 Å². The average Bonchev–Trinajstić information content (AvgIpc) is 3.29. The Morgan fingerprint density at radius 1 is 1.17 bits per heavy atom. The van der Waals surface area contributed by atoms with Gasteiger partial charge in [-0.2, -0.15) is 4.98 Å². The van der Waals surface area contributed by atoms with Gasteiger partial charge in [-0.05, 0) is 31.9 Å². The molecular weight excluding hydrogens is 396 g/mol. The van der Waals surface area contributed by atoms with Crippen LogP contribution in [-0.4, -0.2) is 31.8 Å². The summed E-state index contributed by atoms with van der Waals surface area (Å²) in [5.74, 6) is 2.98. The van der Waals surface area contributed by atoms with Crippen LogP contribution in [0.15, 0.2) is 24.4 Å². The monoisotopic (exact) mass is 424 g/mol. The molecule has 0 bridgehead atoms. The van der Waals surface area contributed by atoms with Gasteiger partial charge in [0.2, 0.25) is 5.88 Å². The highest BCUT2D eigenvalue weighted by atomic mass is 32.1. The lowest BCUT2D eigenvalue weighted by Crippen LogP contribution is -2.10. The first-order valence-corrected chi connectivity index (χ1v) is 11.1. The lowest BCUT2D eigenvalue weighted by atomic mass is 9.98. The van der Waals surface area contributed by atoms with Gasteiger partial charge in [0.15, 0.2) is 0 Å². The van der Waals surface area contributed by atoms with Crippen molar-refractivity contribution in [1.29, 1.82) is 0 Å². The molecule has 0 amide bonds. The molecule has 7 nitrogen and oxygen atoms in total. The third kappa shape index (κ3) is 5.11. The second kappa shape index (κ2) is 8.26. The van der Waals surface area contributed by atoms with Gasteiger partial charge in [0.25, 0.3) is 0 Å². The summed E-state index contributed by atoms with van der Waals surface area (Å²) in [7, 11) is 0. The number of aromatic nitrogens is 5. The molecule has 3 aromatic rings. The zero-order chi connectivity index (χ0) is 21.3. The number of pyridine rings is 1. The van der Waals surface area contributed by atoms with Crippen LogP contribution in [0.5, 0.6) is 5.88 Å². The first kappa shape index (κ1) is 20.7. The number of nitrogens with one attached hydrogen (secondary N) is 1. The van der Waals surface area contributed by atoms with Gasteiger partial charge >= 0.3 is 0 Å². The van der Waals surface area contributed by atoms with Gasteiger partial charge in [0.05, 0.1) is 13.2 Å². The van der Waals surface area contributed by atoms with Crippen LogP contribution in [0, 0.1) is 19.8 Å². The van der Waals surface area contributed by atoms with Crippen LogP contribution in [-0.2, 0) is 12.0 Å². The summed E-state index contributed by atoms with van der Waals surface area (Å²) in [4.78, 5) is 13.4. The fourth-order valence-corrected chi connectivity index (χ4v) is 4.02. The molecule has 3 aromatic heterocycles. The van der Waals surface area contributed by atoms with Gasteiger partial charge in [-0.25, -0.2) is 4.98 Å². The van der Waals surface area contributed by atoms with E-state index in [0.717, 1.165) is 27.9 Å². The third-order valence-corrected chi connectivity index (χ3v) is 6.37. The smallest absolute Gasteiger partial charge is 0.218 e. The topological polar surface area (TPSA) is 85.7 Å². The minimum Gasteiger partial charge on any atom is -0.477 e. The predicted molar refractivity (Wildman–Crippen MR) is 118 cm³/mol. The maximum Gasteiger partial charge on any atom is 0.218 e. The van der Waals surface area contributed by atoms with E-state index >= 15 is 0 Å². The van der Waals surface area contributed by atoms with Crippen LogP contribution in [0.2, 0.25) is 0 Å². The Morgan fingerprint density at radius 2 is 2.00 bits per heavy atom. The summed E-state index contributed by atoms with van der Waals surface area (Å²) in [5, 5.41) is 13.9. The molecule has 1 saturated carbocycles. The van der Waals surface area contributed by atoms with Crippen molar-refractivity contribution in [2.24, 2.45) is 5.92 Å². The number of hydrogen-bond donors (Lipinski definition) is 1. The van der Waals surface area contributed by atoms with E-state index in [1.54, 1.807) is 11.3 Å². The molecule has 0 saturated heterocycles. The van der Waals surface area contributed by atoms with Crippen molar-refractivity contribution in [3.63, 3.8) is 0 Å². The molecule has 2 atom stereocenters. The van der Waals surface area contributed by atoms with Crippen LogP contribution < -0.4 is 10.1 Å². The van der Waals surface area contributed by atoms with Crippen LogP contribution in [0.25, 0.3) is 0 Å². The highest BCUT2D eigenvalue weighted by molar-refractivity contribution is 7.11. The van der Waals surface area contributed by atoms with Crippen molar-refractivity contribution in [3.8, 4) is 5.88 Å². The number of rotatable bonds is 7. The van der Waals surface area contributed by atoms with Crippen molar-refractivity contribution in [2.75, 3.05) is 11.9 Å². The standard InChI is InChI=1S/C22H28N6OS/c1-13-6-7-17(23-10-13)16-8-15(16)12-29-19-9-18(25-14(2)26-19)24-11-20-27-28-21(30-20)22(3,4)5/h6-7,9-10,15-16H,8,11-12H2,1-5H3,(H,24,25,26)/t15?,16-/m0/s1. The number of nitrogens with zero attached hydrogens (tertiary/aromatic N) is 5. The molecule has 0 spiro atoms. The SMILES string of the molecule is Cc1ccc([C@H]2CC2COc2cc(NCc3nnc(C(C)(C)C)s3)nc(C)n2)nc1. The van der Waals surface area contributed by atoms with E-state index in [4.69, 9.17) is 4.74 Å². The molecule has 0 aromatic carbocycles. The summed E-state index contributed by atoms with van der Waals surface area (Å²) in [6.07, 6.45) is 3.04. The number of anilines is 1. The predicted octanol–water partition coefficient (Wildman–Crippen LogP) is 4.43. The van der Waals surface area contributed by atoms with E-state index in [-0.39, 0.29) is 5.41 Å². The Balaban J connectivity index is 1.32. The average molecular weight is 425 g/mol. The molecule has 1 aliphatic rings.